The molecule has 0 aromatic heterocycles. The second-order valence-electron chi connectivity index (χ2n) is 4.62. The predicted molar refractivity (Wildman–Crippen MR) is 78.8 cm³/mol. The first-order valence-electron chi connectivity index (χ1n) is 6.78. The van der Waals surface area contributed by atoms with Gasteiger partial charge in [-0.2, -0.15) is 0 Å². The fraction of sp³-hybridized carbons (Fsp3) is 0.600. The van der Waals surface area contributed by atoms with Crippen molar-refractivity contribution >= 4 is 5.69 Å². The van der Waals surface area contributed by atoms with Gasteiger partial charge in [0.2, 0.25) is 0 Å². The van der Waals surface area contributed by atoms with Crippen LogP contribution in [0, 0.1) is 6.92 Å². The number of nitrogens with zero attached hydrogens (tertiary/aromatic N) is 1. The van der Waals surface area contributed by atoms with Crippen molar-refractivity contribution in [2.45, 2.75) is 26.7 Å². The molecule has 0 aliphatic carbocycles. The van der Waals surface area contributed by atoms with E-state index in [1.165, 1.54) is 24.1 Å². The second kappa shape index (κ2) is 7.98. The second-order valence-corrected chi connectivity index (χ2v) is 4.62. The Morgan fingerprint density at radius 3 is 2.67 bits per heavy atom. The van der Waals surface area contributed by atoms with Crippen LogP contribution in [0.1, 0.15) is 25.3 Å². The van der Waals surface area contributed by atoms with Crippen molar-refractivity contribution in [3.8, 4) is 5.75 Å². The summed E-state index contributed by atoms with van der Waals surface area (Å²) in [5.41, 5.74) is 2.47. The predicted octanol–water partition coefficient (Wildman–Crippen LogP) is 2.83. The first-order chi connectivity index (χ1) is 8.69. The van der Waals surface area contributed by atoms with Gasteiger partial charge in [-0.3, -0.25) is 0 Å². The lowest BCUT2D eigenvalue weighted by molar-refractivity contribution is 0.338. The third kappa shape index (κ3) is 4.57. The molecule has 3 heteroatoms. The minimum atomic E-state index is 0.722. The molecule has 0 aliphatic heterocycles. The summed E-state index contributed by atoms with van der Waals surface area (Å²) in [4.78, 5) is 2.30. The zero-order valence-electron chi connectivity index (χ0n) is 12.1. The number of benzene rings is 1. The number of hydrogen-bond donors (Lipinski definition) is 1. The van der Waals surface area contributed by atoms with E-state index in [9.17, 15) is 0 Å². The molecule has 1 aromatic carbocycles. The number of ether oxygens (including phenoxy) is 1. The molecule has 0 amide bonds. The van der Waals surface area contributed by atoms with Crippen LogP contribution in [0.15, 0.2) is 18.2 Å². The van der Waals surface area contributed by atoms with Crippen LogP contribution in [-0.2, 0) is 0 Å². The van der Waals surface area contributed by atoms with Crippen LogP contribution < -0.4 is 15.0 Å². The van der Waals surface area contributed by atoms with Crippen molar-refractivity contribution in [1.29, 1.82) is 0 Å². The van der Waals surface area contributed by atoms with Gasteiger partial charge in [0.15, 0.2) is 0 Å². The van der Waals surface area contributed by atoms with E-state index in [1.807, 2.05) is 14.0 Å². The molecule has 1 N–H and O–H groups in total. The maximum Gasteiger partial charge on any atom is 0.122 e. The van der Waals surface area contributed by atoms with E-state index in [1.54, 1.807) is 0 Å². The van der Waals surface area contributed by atoms with Gasteiger partial charge in [-0.15, -0.1) is 0 Å². The summed E-state index contributed by atoms with van der Waals surface area (Å²) < 4.78 is 5.56. The van der Waals surface area contributed by atoms with Crippen LogP contribution in [0.25, 0.3) is 0 Å². The molecular formula is C15H26N2O. The lowest BCUT2D eigenvalue weighted by Gasteiger charge is -2.20. The highest BCUT2D eigenvalue weighted by Crippen LogP contribution is 2.24. The van der Waals surface area contributed by atoms with Crippen LogP contribution in [-0.4, -0.2) is 33.8 Å². The zero-order chi connectivity index (χ0) is 13.4. The highest BCUT2D eigenvalue weighted by molar-refractivity contribution is 5.52. The molecule has 0 saturated heterocycles. The van der Waals surface area contributed by atoms with Crippen LogP contribution >= 0.6 is 0 Å². The summed E-state index contributed by atoms with van der Waals surface area (Å²) in [7, 11) is 4.15. The molecule has 1 aromatic rings. The lowest BCUT2D eigenvalue weighted by atomic mass is 10.2. The summed E-state index contributed by atoms with van der Waals surface area (Å²) >= 11 is 0. The van der Waals surface area contributed by atoms with Crippen LogP contribution in [0.2, 0.25) is 0 Å². The third-order valence-electron chi connectivity index (χ3n) is 3.07. The standard InChI is InChI=1S/C15H26N2O/c1-5-18-15-9-8-14(12-13(15)2)17(4)11-7-6-10-16-3/h8-9,12,16H,5-7,10-11H2,1-4H3. The number of nitrogens with one attached hydrogen (secondary N) is 1. The summed E-state index contributed by atoms with van der Waals surface area (Å²) in [6.07, 6.45) is 2.43. The fourth-order valence-corrected chi connectivity index (χ4v) is 1.97. The molecule has 0 spiro atoms. The number of rotatable bonds is 8. The molecule has 0 unspecified atom stereocenters. The molecule has 0 radical (unpaired) electrons. The monoisotopic (exact) mass is 250 g/mol. The third-order valence-corrected chi connectivity index (χ3v) is 3.07. The topological polar surface area (TPSA) is 24.5 Å². The Morgan fingerprint density at radius 1 is 1.28 bits per heavy atom. The van der Waals surface area contributed by atoms with Gasteiger partial charge >= 0.3 is 0 Å². The number of hydrogen-bond acceptors (Lipinski definition) is 3. The van der Waals surface area contributed by atoms with Gasteiger partial charge in [0.25, 0.3) is 0 Å². The van der Waals surface area contributed by atoms with Gasteiger partial charge in [-0.05, 0) is 64.0 Å². The van der Waals surface area contributed by atoms with E-state index in [0.717, 1.165) is 25.4 Å². The Labute approximate surface area is 111 Å². The molecule has 18 heavy (non-hydrogen) atoms. The molecule has 0 atom stereocenters. The quantitative estimate of drug-likeness (QED) is 0.718. The Morgan fingerprint density at radius 2 is 2.06 bits per heavy atom. The smallest absolute Gasteiger partial charge is 0.122 e. The Hall–Kier alpha value is -1.22. The van der Waals surface area contributed by atoms with Crippen molar-refractivity contribution in [3.63, 3.8) is 0 Å². The fourth-order valence-electron chi connectivity index (χ4n) is 1.97. The van der Waals surface area contributed by atoms with Gasteiger partial charge in [-0.1, -0.05) is 0 Å². The van der Waals surface area contributed by atoms with E-state index >= 15 is 0 Å². The van der Waals surface area contributed by atoms with Crippen LogP contribution in [0.5, 0.6) is 5.75 Å². The van der Waals surface area contributed by atoms with Gasteiger partial charge < -0.3 is 15.0 Å². The molecule has 0 fully saturated rings. The SMILES string of the molecule is CCOc1ccc(N(C)CCCCNC)cc1C. The minimum absolute atomic E-state index is 0.722. The molecule has 0 aliphatic rings. The minimum Gasteiger partial charge on any atom is -0.494 e. The first-order valence-corrected chi connectivity index (χ1v) is 6.78. The van der Waals surface area contributed by atoms with Crippen LogP contribution in [0.3, 0.4) is 0 Å². The summed E-state index contributed by atoms with van der Waals surface area (Å²) in [6.45, 7) is 7.02. The van der Waals surface area contributed by atoms with Crippen LogP contribution in [0.4, 0.5) is 5.69 Å². The van der Waals surface area contributed by atoms with Crippen molar-refractivity contribution in [1.82, 2.24) is 5.32 Å². The largest absolute Gasteiger partial charge is 0.494 e. The molecule has 0 heterocycles. The summed E-state index contributed by atoms with van der Waals surface area (Å²) in [5, 5.41) is 3.18. The van der Waals surface area contributed by atoms with Crippen molar-refractivity contribution in [3.05, 3.63) is 23.8 Å². The molecule has 0 bridgehead atoms. The highest BCUT2D eigenvalue weighted by atomic mass is 16.5. The summed E-state index contributed by atoms with van der Waals surface area (Å²) in [5.74, 6) is 0.991. The maximum atomic E-state index is 5.56. The van der Waals surface area contributed by atoms with Gasteiger partial charge in [0, 0.05) is 19.3 Å². The zero-order valence-corrected chi connectivity index (χ0v) is 12.1. The van der Waals surface area contributed by atoms with E-state index in [0.29, 0.717) is 0 Å². The molecular weight excluding hydrogens is 224 g/mol. The number of anilines is 1. The van der Waals surface area contributed by atoms with E-state index in [4.69, 9.17) is 4.74 Å². The molecule has 1 rings (SSSR count). The van der Waals surface area contributed by atoms with Gasteiger partial charge in [-0.25, -0.2) is 0 Å². The van der Waals surface area contributed by atoms with E-state index in [-0.39, 0.29) is 0 Å². The molecule has 102 valence electrons. The Kier molecular flexibility index (Phi) is 6.58. The van der Waals surface area contributed by atoms with Crippen molar-refractivity contribution < 1.29 is 4.74 Å². The highest BCUT2D eigenvalue weighted by Gasteiger charge is 2.04. The summed E-state index contributed by atoms with van der Waals surface area (Å²) in [6, 6.07) is 6.40. The average Bonchev–Trinajstić information content (AvgIpc) is 2.37. The van der Waals surface area contributed by atoms with E-state index in [2.05, 4.69) is 42.4 Å². The Balaban J connectivity index is 2.52. The van der Waals surface area contributed by atoms with Crippen molar-refractivity contribution in [2.24, 2.45) is 0 Å². The number of aryl methyl sites for hydroxylation is 1. The molecule has 0 saturated carbocycles. The van der Waals surface area contributed by atoms with E-state index < -0.39 is 0 Å². The van der Waals surface area contributed by atoms with Gasteiger partial charge in [0.05, 0.1) is 6.61 Å². The molecule has 3 nitrogen and oxygen atoms in total. The lowest BCUT2D eigenvalue weighted by Crippen LogP contribution is -2.20. The van der Waals surface area contributed by atoms with Gasteiger partial charge in [0.1, 0.15) is 5.75 Å². The maximum absolute atomic E-state index is 5.56. The Bertz CT molecular complexity index is 352. The number of unbranched alkanes of at least 4 members (excludes halogenated alkanes) is 1. The van der Waals surface area contributed by atoms with Crippen molar-refractivity contribution in [2.75, 3.05) is 38.7 Å². The average molecular weight is 250 g/mol. The first kappa shape index (κ1) is 14.8. The normalized spacial score (nSPS) is 10.4.